The van der Waals surface area contributed by atoms with Crippen molar-refractivity contribution in [2.24, 2.45) is 0 Å². The number of aromatic nitrogens is 2. The van der Waals surface area contributed by atoms with E-state index in [1.165, 1.54) is 24.3 Å². The smallest absolute Gasteiger partial charge is 0.253 e. The van der Waals surface area contributed by atoms with E-state index in [0.717, 1.165) is 5.39 Å². The Balaban J connectivity index is 1.52. The molecule has 0 aliphatic rings. The van der Waals surface area contributed by atoms with Gasteiger partial charge >= 0.3 is 0 Å². The van der Waals surface area contributed by atoms with Crippen LogP contribution in [0.3, 0.4) is 0 Å². The van der Waals surface area contributed by atoms with E-state index in [0.29, 0.717) is 16.8 Å². The van der Waals surface area contributed by atoms with Crippen molar-refractivity contribution in [3.63, 3.8) is 0 Å². The number of H-pyrrole nitrogens is 1. The van der Waals surface area contributed by atoms with E-state index in [1.807, 2.05) is 6.07 Å². The zero-order valence-electron chi connectivity index (χ0n) is 12.7. The summed E-state index contributed by atoms with van der Waals surface area (Å²) in [7, 11) is 0. The Kier molecular flexibility index (Phi) is 4.72. The predicted octanol–water partition coefficient (Wildman–Crippen LogP) is 1.87. The molecule has 2 aromatic carbocycles. The Hall–Kier alpha value is -2.93. The fraction of sp³-hybridized carbons (Fsp3) is 0.176. The first-order chi connectivity index (χ1) is 11.6. The zero-order valence-corrected chi connectivity index (χ0v) is 12.7. The molecule has 0 spiro atoms. The maximum absolute atomic E-state index is 12.8. The van der Waals surface area contributed by atoms with Crippen LogP contribution in [0.2, 0.25) is 0 Å². The van der Waals surface area contributed by atoms with Crippen molar-refractivity contribution in [2.45, 2.75) is 6.10 Å². The number of carbonyl (C=O) groups excluding carboxylic acids is 1. The predicted molar refractivity (Wildman–Crippen MR) is 86.3 cm³/mol. The first kappa shape index (κ1) is 15.9. The highest BCUT2D eigenvalue weighted by Crippen LogP contribution is 2.15. The van der Waals surface area contributed by atoms with Crippen LogP contribution in [0.25, 0.3) is 10.9 Å². The lowest BCUT2D eigenvalue weighted by atomic mass is 10.1. The van der Waals surface area contributed by atoms with Crippen molar-refractivity contribution in [2.75, 3.05) is 13.2 Å². The zero-order chi connectivity index (χ0) is 16.9. The Bertz CT molecular complexity index is 832. The summed E-state index contributed by atoms with van der Waals surface area (Å²) in [5.74, 6) is -0.224. The van der Waals surface area contributed by atoms with Gasteiger partial charge in [0.15, 0.2) is 0 Å². The van der Waals surface area contributed by atoms with Crippen molar-refractivity contribution in [1.82, 2.24) is 15.5 Å². The van der Waals surface area contributed by atoms with Crippen LogP contribution >= 0.6 is 0 Å². The monoisotopic (exact) mass is 329 g/mol. The van der Waals surface area contributed by atoms with Gasteiger partial charge in [-0.25, -0.2) is 4.39 Å². The number of benzene rings is 2. The first-order valence-electron chi connectivity index (χ1n) is 7.40. The van der Waals surface area contributed by atoms with Gasteiger partial charge < -0.3 is 15.2 Å². The van der Waals surface area contributed by atoms with E-state index in [9.17, 15) is 14.3 Å². The van der Waals surface area contributed by atoms with Crippen molar-refractivity contribution in [1.29, 1.82) is 0 Å². The third-order valence-corrected chi connectivity index (χ3v) is 3.48. The van der Waals surface area contributed by atoms with Crippen molar-refractivity contribution >= 4 is 16.8 Å². The average molecular weight is 329 g/mol. The highest BCUT2D eigenvalue weighted by molar-refractivity contribution is 6.05. The van der Waals surface area contributed by atoms with Gasteiger partial charge in [0.2, 0.25) is 0 Å². The van der Waals surface area contributed by atoms with Crippen LogP contribution in [-0.2, 0) is 0 Å². The molecule has 1 heterocycles. The summed E-state index contributed by atoms with van der Waals surface area (Å²) in [6, 6.07) is 10.8. The molecule has 24 heavy (non-hydrogen) atoms. The lowest BCUT2D eigenvalue weighted by Crippen LogP contribution is -2.35. The number of para-hydroxylation sites is 1. The number of nitrogens with zero attached hydrogens (tertiary/aromatic N) is 1. The van der Waals surface area contributed by atoms with E-state index in [2.05, 4.69) is 15.5 Å². The van der Waals surface area contributed by atoms with E-state index in [-0.39, 0.29) is 24.9 Å². The molecule has 6 nitrogen and oxygen atoms in total. The molecule has 0 saturated heterocycles. The van der Waals surface area contributed by atoms with Gasteiger partial charge in [-0.1, -0.05) is 12.1 Å². The second kappa shape index (κ2) is 7.10. The first-order valence-corrected chi connectivity index (χ1v) is 7.40. The number of hydrogen-bond acceptors (Lipinski definition) is 4. The highest BCUT2D eigenvalue weighted by atomic mass is 19.1. The quantitative estimate of drug-likeness (QED) is 0.644. The number of rotatable bonds is 6. The van der Waals surface area contributed by atoms with Crippen LogP contribution in [0, 0.1) is 5.82 Å². The fourth-order valence-electron chi connectivity index (χ4n) is 2.25. The summed E-state index contributed by atoms with van der Waals surface area (Å²) in [5.41, 5.74) is 1.10. The van der Waals surface area contributed by atoms with E-state index in [4.69, 9.17) is 4.74 Å². The third kappa shape index (κ3) is 3.69. The van der Waals surface area contributed by atoms with Crippen LogP contribution in [0.5, 0.6) is 5.75 Å². The molecule has 3 N–H and O–H groups in total. The average Bonchev–Trinajstić information content (AvgIpc) is 3.07. The van der Waals surface area contributed by atoms with E-state index in [1.54, 1.807) is 18.3 Å². The minimum absolute atomic E-state index is 0.0137. The van der Waals surface area contributed by atoms with Gasteiger partial charge in [0, 0.05) is 11.9 Å². The molecule has 1 atom stereocenters. The lowest BCUT2D eigenvalue weighted by Gasteiger charge is -2.13. The lowest BCUT2D eigenvalue weighted by molar-refractivity contribution is 0.0844. The number of carbonyl (C=O) groups is 1. The number of aliphatic hydroxyl groups is 1. The van der Waals surface area contributed by atoms with Crippen molar-refractivity contribution < 1.29 is 19.0 Å². The topological polar surface area (TPSA) is 87.2 Å². The number of aliphatic hydroxyl groups excluding tert-OH is 1. The number of hydrogen-bond donors (Lipinski definition) is 3. The van der Waals surface area contributed by atoms with Gasteiger partial charge in [-0.15, -0.1) is 0 Å². The Morgan fingerprint density at radius 2 is 2.08 bits per heavy atom. The fourth-order valence-corrected chi connectivity index (χ4v) is 2.25. The molecule has 1 aromatic heterocycles. The van der Waals surface area contributed by atoms with Gasteiger partial charge in [0.05, 0.1) is 17.3 Å². The molecule has 0 bridgehead atoms. The number of nitrogens with one attached hydrogen (secondary N) is 2. The van der Waals surface area contributed by atoms with Crippen LogP contribution in [-0.4, -0.2) is 40.5 Å². The second-order valence-electron chi connectivity index (χ2n) is 5.27. The summed E-state index contributed by atoms with van der Waals surface area (Å²) in [6.45, 7) is 0.0186. The molecule has 1 unspecified atom stereocenters. The number of halogens is 1. The number of aromatic amines is 1. The molecular formula is C17H16FN3O3. The number of fused-ring (bicyclic) bond motifs is 1. The van der Waals surface area contributed by atoms with Gasteiger partial charge in [-0.3, -0.25) is 9.89 Å². The molecule has 0 aliphatic carbocycles. The summed E-state index contributed by atoms with van der Waals surface area (Å²) in [5, 5.41) is 20.1. The maximum atomic E-state index is 12.8. The molecule has 0 radical (unpaired) electrons. The van der Waals surface area contributed by atoms with Crippen LogP contribution in [0.1, 0.15) is 10.4 Å². The number of amides is 1. The molecule has 0 aliphatic heterocycles. The van der Waals surface area contributed by atoms with Crippen LogP contribution in [0.4, 0.5) is 4.39 Å². The van der Waals surface area contributed by atoms with E-state index >= 15 is 0 Å². The van der Waals surface area contributed by atoms with Gasteiger partial charge in [-0.2, -0.15) is 5.10 Å². The Morgan fingerprint density at radius 3 is 2.88 bits per heavy atom. The van der Waals surface area contributed by atoms with Crippen LogP contribution < -0.4 is 10.1 Å². The molecule has 7 heteroatoms. The normalized spacial score (nSPS) is 12.1. The van der Waals surface area contributed by atoms with Crippen molar-refractivity contribution in [3.05, 3.63) is 60.0 Å². The third-order valence-electron chi connectivity index (χ3n) is 3.48. The molecular weight excluding hydrogens is 313 g/mol. The minimum atomic E-state index is -0.889. The van der Waals surface area contributed by atoms with Gasteiger partial charge in [0.25, 0.3) is 5.91 Å². The molecule has 124 valence electrons. The Labute approximate surface area is 137 Å². The summed E-state index contributed by atoms with van der Waals surface area (Å²) < 4.78 is 18.1. The summed E-state index contributed by atoms with van der Waals surface area (Å²) in [4.78, 5) is 12.2. The van der Waals surface area contributed by atoms with Gasteiger partial charge in [0.1, 0.15) is 24.3 Å². The maximum Gasteiger partial charge on any atom is 0.253 e. The summed E-state index contributed by atoms with van der Waals surface area (Å²) >= 11 is 0. The molecule has 1 amide bonds. The SMILES string of the molecule is O=C(NCC(O)COc1ccc(F)cc1)c1cccc2cn[nH]c12. The Morgan fingerprint density at radius 1 is 1.29 bits per heavy atom. The number of ether oxygens (including phenoxy) is 1. The van der Waals surface area contributed by atoms with Crippen LogP contribution in [0.15, 0.2) is 48.7 Å². The standard InChI is InChI=1S/C17H16FN3O3/c18-12-4-6-14(7-5-12)24-10-13(22)9-19-17(23)15-3-1-2-11-8-20-21-16(11)15/h1-8,13,22H,9-10H2,(H,19,23)(H,20,21). The molecule has 0 fully saturated rings. The molecule has 3 rings (SSSR count). The second-order valence-corrected chi connectivity index (χ2v) is 5.27. The summed E-state index contributed by atoms with van der Waals surface area (Å²) in [6.07, 6.45) is 0.747. The molecule has 0 saturated carbocycles. The van der Waals surface area contributed by atoms with Gasteiger partial charge in [-0.05, 0) is 30.3 Å². The minimum Gasteiger partial charge on any atom is -0.491 e. The largest absolute Gasteiger partial charge is 0.491 e. The molecule has 3 aromatic rings. The van der Waals surface area contributed by atoms with Crippen molar-refractivity contribution in [3.8, 4) is 5.75 Å². The van der Waals surface area contributed by atoms with E-state index < -0.39 is 6.10 Å². The highest BCUT2D eigenvalue weighted by Gasteiger charge is 2.13.